The molecule has 3 heterocycles. The van der Waals surface area contributed by atoms with Crippen LogP contribution in [-0.2, 0) is 13.1 Å². The standard InChI is InChI=1S/C23H28N4OS/c1-18-6-5-9-20(25-18)15-27-12-11-26(16-21(27)10-13-28)17-22-14-24-23(29-22)19-7-3-2-4-8-19/h2-9,14,21,28H,10-13,15-17H2,1H3. The third kappa shape index (κ3) is 5.28. The van der Waals surface area contributed by atoms with Gasteiger partial charge in [-0.05, 0) is 25.5 Å². The first-order valence-corrected chi connectivity index (χ1v) is 11.0. The highest BCUT2D eigenvalue weighted by atomic mass is 32.1. The summed E-state index contributed by atoms with van der Waals surface area (Å²) in [6.45, 7) is 6.99. The molecule has 0 spiro atoms. The SMILES string of the molecule is Cc1cccc(CN2CCN(Cc3cnc(-c4ccccc4)s3)CC2CCO)n1. The summed E-state index contributed by atoms with van der Waals surface area (Å²) in [7, 11) is 0. The van der Waals surface area contributed by atoms with Crippen molar-refractivity contribution >= 4 is 11.3 Å². The van der Waals surface area contributed by atoms with Gasteiger partial charge in [0.05, 0.1) is 5.69 Å². The van der Waals surface area contributed by atoms with Crippen molar-refractivity contribution in [1.82, 2.24) is 19.8 Å². The van der Waals surface area contributed by atoms with Crippen molar-refractivity contribution in [2.75, 3.05) is 26.2 Å². The minimum Gasteiger partial charge on any atom is -0.396 e. The molecule has 0 radical (unpaired) electrons. The number of thiazole rings is 1. The van der Waals surface area contributed by atoms with Crippen LogP contribution in [0.3, 0.4) is 0 Å². The summed E-state index contributed by atoms with van der Waals surface area (Å²) in [5, 5.41) is 10.7. The Morgan fingerprint density at radius 3 is 2.72 bits per heavy atom. The van der Waals surface area contributed by atoms with Crippen molar-refractivity contribution in [2.45, 2.75) is 32.5 Å². The molecule has 29 heavy (non-hydrogen) atoms. The number of aliphatic hydroxyl groups excluding tert-OH is 1. The number of hydrogen-bond acceptors (Lipinski definition) is 6. The third-order valence-corrected chi connectivity index (χ3v) is 6.45. The van der Waals surface area contributed by atoms with Gasteiger partial charge in [-0.25, -0.2) is 4.98 Å². The van der Waals surface area contributed by atoms with E-state index >= 15 is 0 Å². The van der Waals surface area contributed by atoms with Crippen LogP contribution in [0.4, 0.5) is 0 Å². The zero-order chi connectivity index (χ0) is 20.1. The molecule has 6 heteroatoms. The summed E-state index contributed by atoms with van der Waals surface area (Å²) in [4.78, 5) is 15.5. The Bertz CT molecular complexity index is 914. The second-order valence-electron chi connectivity index (χ2n) is 7.64. The molecule has 0 amide bonds. The molecule has 1 saturated heterocycles. The van der Waals surface area contributed by atoms with E-state index in [4.69, 9.17) is 0 Å². The minimum absolute atomic E-state index is 0.217. The number of aryl methyl sites for hydroxylation is 1. The molecule has 1 N–H and O–H groups in total. The van der Waals surface area contributed by atoms with Gasteiger partial charge in [-0.3, -0.25) is 14.8 Å². The Hall–Kier alpha value is -2.12. The first kappa shape index (κ1) is 20.2. The average Bonchev–Trinajstić information content (AvgIpc) is 3.19. The zero-order valence-electron chi connectivity index (χ0n) is 16.9. The normalized spacial score (nSPS) is 18.2. The van der Waals surface area contributed by atoms with Crippen molar-refractivity contribution < 1.29 is 5.11 Å². The topological polar surface area (TPSA) is 52.5 Å². The summed E-state index contributed by atoms with van der Waals surface area (Å²) in [6.07, 6.45) is 2.80. The highest BCUT2D eigenvalue weighted by Gasteiger charge is 2.27. The van der Waals surface area contributed by atoms with Crippen LogP contribution in [-0.4, -0.2) is 57.2 Å². The lowest BCUT2D eigenvalue weighted by atomic mass is 10.1. The molecule has 1 atom stereocenters. The van der Waals surface area contributed by atoms with Crippen LogP contribution in [0.25, 0.3) is 10.6 Å². The smallest absolute Gasteiger partial charge is 0.123 e. The van der Waals surface area contributed by atoms with Gasteiger partial charge in [0.15, 0.2) is 0 Å². The van der Waals surface area contributed by atoms with Gasteiger partial charge in [-0.2, -0.15) is 0 Å². The highest BCUT2D eigenvalue weighted by molar-refractivity contribution is 7.15. The van der Waals surface area contributed by atoms with Crippen molar-refractivity contribution in [2.24, 2.45) is 0 Å². The lowest BCUT2D eigenvalue weighted by Crippen LogP contribution is -2.52. The third-order valence-electron chi connectivity index (χ3n) is 5.42. The van der Waals surface area contributed by atoms with Crippen LogP contribution in [0.2, 0.25) is 0 Å². The number of aromatic nitrogens is 2. The number of hydrogen-bond donors (Lipinski definition) is 1. The molecule has 0 aliphatic carbocycles. The predicted molar refractivity (Wildman–Crippen MR) is 118 cm³/mol. The number of benzene rings is 1. The zero-order valence-corrected chi connectivity index (χ0v) is 17.7. The van der Waals surface area contributed by atoms with Gasteiger partial charge in [-0.15, -0.1) is 11.3 Å². The molecule has 4 rings (SSSR count). The first-order chi connectivity index (χ1) is 14.2. The lowest BCUT2D eigenvalue weighted by molar-refractivity contribution is 0.0496. The second kappa shape index (κ2) is 9.59. The highest BCUT2D eigenvalue weighted by Crippen LogP contribution is 2.26. The molecule has 1 aromatic carbocycles. The molecular weight excluding hydrogens is 380 g/mol. The molecule has 2 aromatic heterocycles. The van der Waals surface area contributed by atoms with E-state index in [9.17, 15) is 5.11 Å². The maximum absolute atomic E-state index is 9.58. The summed E-state index contributed by atoms with van der Waals surface area (Å²) in [5.41, 5.74) is 3.34. The van der Waals surface area contributed by atoms with E-state index in [1.807, 2.05) is 25.3 Å². The van der Waals surface area contributed by atoms with Crippen LogP contribution in [0, 0.1) is 6.92 Å². The maximum atomic E-state index is 9.58. The van der Waals surface area contributed by atoms with Gasteiger partial charge in [-0.1, -0.05) is 36.4 Å². The number of piperazine rings is 1. The molecule has 1 aliphatic heterocycles. The quantitative estimate of drug-likeness (QED) is 0.648. The number of nitrogens with zero attached hydrogens (tertiary/aromatic N) is 4. The van der Waals surface area contributed by atoms with E-state index < -0.39 is 0 Å². The van der Waals surface area contributed by atoms with Gasteiger partial charge >= 0.3 is 0 Å². The Morgan fingerprint density at radius 2 is 1.93 bits per heavy atom. The van der Waals surface area contributed by atoms with Gasteiger partial charge in [0, 0.05) is 67.7 Å². The number of pyridine rings is 1. The molecule has 0 saturated carbocycles. The number of aliphatic hydroxyl groups is 1. The lowest BCUT2D eigenvalue weighted by Gasteiger charge is -2.41. The first-order valence-electron chi connectivity index (χ1n) is 10.2. The Labute approximate surface area is 176 Å². The van der Waals surface area contributed by atoms with Crippen LogP contribution in [0.1, 0.15) is 22.7 Å². The average molecular weight is 409 g/mol. The van der Waals surface area contributed by atoms with Crippen molar-refractivity contribution in [3.05, 3.63) is 71.0 Å². The van der Waals surface area contributed by atoms with Crippen LogP contribution in [0.5, 0.6) is 0 Å². The predicted octanol–water partition coefficient (Wildman–Crippen LogP) is 3.58. The molecule has 1 unspecified atom stereocenters. The largest absolute Gasteiger partial charge is 0.396 e. The van der Waals surface area contributed by atoms with E-state index in [2.05, 4.69) is 56.2 Å². The fourth-order valence-electron chi connectivity index (χ4n) is 3.94. The molecule has 0 bridgehead atoms. The molecule has 1 aliphatic rings. The minimum atomic E-state index is 0.217. The summed E-state index contributed by atoms with van der Waals surface area (Å²) in [5.74, 6) is 0. The van der Waals surface area contributed by atoms with Crippen molar-refractivity contribution in [1.29, 1.82) is 0 Å². The molecule has 5 nitrogen and oxygen atoms in total. The summed E-state index contributed by atoms with van der Waals surface area (Å²) >= 11 is 1.77. The van der Waals surface area contributed by atoms with E-state index in [1.165, 1.54) is 10.4 Å². The molecule has 152 valence electrons. The van der Waals surface area contributed by atoms with Gasteiger partial charge in [0.2, 0.25) is 0 Å². The van der Waals surface area contributed by atoms with Gasteiger partial charge < -0.3 is 5.11 Å². The molecule has 1 fully saturated rings. The van der Waals surface area contributed by atoms with Gasteiger partial charge in [0.1, 0.15) is 5.01 Å². The van der Waals surface area contributed by atoms with E-state index in [0.717, 1.165) is 55.5 Å². The number of rotatable bonds is 7. The maximum Gasteiger partial charge on any atom is 0.123 e. The van der Waals surface area contributed by atoms with Crippen molar-refractivity contribution in [3.63, 3.8) is 0 Å². The fraction of sp³-hybridized carbons (Fsp3) is 0.391. The fourth-order valence-corrected chi connectivity index (χ4v) is 4.90. The van der Waals surface area contributed by atoms with Crippen LogP contribution in [0.15, 0.2) is 54.7 Å². The Morgan fingerprint density at radius 1 is 1.07 bits per heavy atom. The van der Waals surface area contributed by atoms with Gasteiger partial charge in [0.25, 0.3) is 0 Å². The molecular formula is C23H28N4OS. The summed E-state index contributed by atoms with van der Waals surface area (Å²) < 4.78 is 0. The van der Waals surface area contributed by atoms with E-state index in [0.29, 0.717) is 6.04 Å². The van der Waals surface area contributed by atoms with Crippen LogP contribution >= 0.6 is 11.3 Å². The van der Waals surface area contributed by atoms with E-state index in [1.54, 1.807) is 11.3 Å². The van der Waals surface area contributed by atoms with Crippen LogP contribution < -0.4 is 0 Å². The Kier molecular flexibility index (Phi) is 6.67. The summed E-state index contributed by atoms with van der Waals surface area (Å²) in [6, 6.07) is 16.9. The monoisotopic (exact) mass is 408 g/mol. The van der Waals surface area contributed by atoms with E-state index in [-0.39, 0.29) is 6.61 Å². The van der Waals surface area contributed by atoms with Crippen molar-refractivity contribution in [3.8, 4) is 10.6 Å². The molecule has 3 aromatic rings. The second-order valence-corrected chi connectivity index (χ2v) is 8.75. The Balaban J connectivity index is 1.39.